The van der Waals surface area contributed by atoms with E-state index in [0.29, 0.717) is 10.0 Å². The van der Waals surface area contributed by atoms with Gasteiger partial charge < -0.3 is 5.32 Å². The molecule has 0 radical (unpaired) electrons. The minimum atomic E-state index is 0.0661. The summed E-state index contributed by atoms with van der Waals surface area (Å²) in [5.74, 6) is 0. The van der Waals surface area contributed by atoms with Crippen molar-refractivity contribution < 1.29 is 0 Å². The van der Waals surface area contributed by atoms with E-state index >= 15 is 0 Å². The summed E-state index contributed by atoms with van der Waals surface area (Å²) in [6, 6.07) is 9.78. The van der Waals surface area contributed by atoms with Crippen LogP contribution >= 0.6 is 23.2 Å². The lowest BCUT2D eigenvalue weighted by Crippen LogP contribution is -2.24. The van der Waals surface area contributed by atoms with Crippen LogP contribution in [0.25, 0.3) is 0 Å². The predicted molar refractivity (Wildman–Crippen MR) is 85.6 cm³/mol. The smallest absolute Gasteiger partial charge is 0.0468 e. The largest absolute Gasteiger partial charge is 0.310 e. The van der Waals surface area contributed by atoms with E-state index in [2.05, 4.69) is 23.3 Å². The van der Waals surface area contributed by atoms with Crippen molar-refractivity contribution in [3.63, 3.8) is 0 Å². The van der Waals surface area contributed by atoms with E-state index in [1.807, 2.05) is 37.4 Å². The number of hydrogen-bond acceptors (Lipinski definition) is 2. The van der Waals surface area contributed by atoms with Crippen LogP contribution in [0.1, 0.15) is 29.8 Å². The van der Waals surface area contributed by atoms with Gasteiger partial charge in [-0.1, -0.05) is 42.3 Å². The molecule has 0 spiro atoms. The molecule has 1 heterocycles. The number of hydrogen-bond donors (Lipinski definition) is 1. The highest BCUT2D eigenvalue weighted by Gasteiger charge is 2.18. The van der Waals surface area contributed by atoms with Gasteiger partial charge in [-0.3, -0.25) is 4.98 Å². The van der Waals surface area contributed by atoms with Crippen LogP contribution < -0.4 is 5.32 Å². The van der Waals surface area contributed by atoms with E-state index in [1.54, 1.807) is 0 Å². The molecule has 2 nitrogen and oxygen atoms in total. The van der Waals surface area contributed by atoms with Crippen molar-refractivity contribution in [2.24, 2.45) is 0 Å². The maximum absolute atomic E-state index is 6.31. The summed E-state index contributed by atoms with van der Waals surface area (Å²) in [5, 5.41) is 4.82. The van der Waals surface area contributed by atoms with Crippen molar-refractivity contribution in [2.45, 2.75) is 26.3 Å². The number of halogens is 2. The Morgan fingerprint density at radius 2 is 1.85 bits per heavy atom. The van der Waals surface area contributed by atoms with Crippen LogP contribution in [-0.2, 0) is 6.42 Å². The average molecular weight is 309 g/mol. The maximum atomic E-state index is 6.31. The quantitative estimate of drug-likeness (QED) is 0.874. The number of aryl methyl sites for hydroxylation is 1. The highest BCUT2D eigenvalue weighted by atomic mass is 35.5. The van der Waals surface area contributed by atoms with Crippen molar-refractivity contribution >= 4 is 23.2 Å². The normalized spacial score (nSPS) is 12.4. The molecule has 0 saturated heterocycles. The summed E-state index contributed by atoms with van der Waals surface area (Å²) >= 11 is 12.6. The number of aromatic nitrogens is 1. The van der Waals surface area contributed by atoms with E-state index in [1.165, 1.54) is 0 Å². The molecule has 1 N–H and O–H groups in total. The fourth-order valence-electron chi connectivity index (χ4n) is 2.19. The second-order valence-corrected chi connectivity index (χ2v) is 5.59. The predicted octanol–water partition coefficient (Wildman–Crippen LogP) is 4.59. The summed E-state index contributed by atoms with van der Waals surface area (Å²) in [6.07, 6.45) is 2.64. The van der Waals surface area contributed by atoms with Crippen LogP contribution in [0.5, 0.6) is 0 Å². The molecule has 1 atom stereocenters. The summed E-state index contributed by atoms with van der Waals surface area (Å²) in [5.41, 5.74) is 3.13. The molecule has 0 saturated carbocycles. The third-order valence-electron chi connectivity index (χ3n) is 3.18. The number of nitrogens with one attached hydrogen (secondary N) is 1. The molecule has 0 aliphatic carbocycles. The molecular formula is C16H18Cl2N2. The number of rotatable bonds is 5. The number of likely N-dealkylation sites (N-methyl/N-ethyl adjacent to an activating group) is 1. The van der Waals surface area contributed by atoms with Gasteiger partial charge in [-0.05, 0) is 37.2 Å². The highest BCUT2D eigenvalue weighted by molar-refractivity contribution is 6.36. The lowest BCUT2D eigenvalue weighted by molar-refractivity contribution is 0.544. The van der Waals surface area contributed by atoms with E-state index in [4.69, 9.17) is 23.2 Å². The molecule has 1 aromatic carbocycles. The van der Waals surface area contributed by atoms with Crippen LogP contribution in [0.4, 0.5) is 0 Å². The first-order valence-electron chi connectivity index (χ1n) is 6.70. The topological polar surface area (TPSA) is 24.9 Å². The zero-order chi connectivity index (χ0) is 14.5. The first kappa shape index (κ1) is 15.3. The minimum absolute atomic E-state index is 0.0661. The third kappa shape index (κ3) is 3.72. The van der Waals surface area contributed by atoms with Crippen molar-refractivity contribution in [1.82, 2.24) is 10.3 Å². The molecule has 20 heavy (non-hydrogen) atoms. The summed E-state index contributed by atoms with van der Waals surface area (Å²) in [7, 11) is 0. The number of nitrogens with zero attached hydrogens (tertiary/aromatic N) is 1. The van der Waals surface area contributed by atoms with Crippen LogP contribution in [0.15, 0.2) is 36.5 Å². The summed E-state index contributed by atoms with van der Waals surface area (Å²) < 4.78 is 0. The molecule has 4 heteroatoms. The molecule has 0 bridgehead atoms. The highest BCUT2D eigenvalue weighted by Crippen LogP contribution is 2.31. The van der Waals surface area contributed by atoms with Crippen LogP contribution in [0.2, 0.25) is 10.0 Å². The van der Waals surface area contributed by atoms with Gasteiger partial charge in [0.1, 0.15) is 0 Å². The van der Waals surface area contributed by atoms with Crippen molar-refractivity contribution in [3.8, 4) is 0 Å². The van der Waals surface area contributed by atoms with E-state index in [0.717, 1.165) is 29.8 Å². The molecular weight excluding hydrogens is 291 g/mol. The zero-order valence-corrected chi connectivity index (χ0v) is 13.2. The summed E-state index contributed by atoms with van der Waals surface area (Å²) in [4.78, 5) is 4.46. The van der Waals surface area contributed by atoms with Gasteiger partial charge in [0.05, 0.1) is 0 Å². The number of benzene rings is 1. The average Bonchev–Trinajstić information content (AvgIpc) is 2.41. The minimum Gasteiger partial charge on any atom is -0.310 e. The van der Waals surface area contributed by atoms with Gasteiger partial charge in [-0.25, -0.2) is 0 Å². The van der Waals surface area contributed by atoms with Gasteiger partial charge in [-0.2, -0.15) is 0 Å². The molecule has 106 valence electrons. The van der Waals surface area contributed by atoms with Crippen molar-refractivity contribution in [3.05, 3.63) is 63.4 Å². The molecule has 1 unspecified atom stereocenters. The molecule has 2 rings (SSSR count). The van der Waals surface area contributed by atoms with E-state index in [-0.39, 0.29) is 6.04 Å². The van der Waals surface area contributed by atoms with Crippen molar-refractivity contribution in [1.29, 1.82) is 0 Å². The number of pyridine rings is 1. The Balaban J connectivity index is 2.29. The monoisotopic (exact) mass is 308 g/mol. The molecule has 0 aliphatic rings. The van der Waals surface area contributed by atoms with Gasteiger partial charge in [0.15, 0.2) is 0 Å². The molecule has 0 fully saturated rings. The Morgan fingerprint density at radius 1 is 1.15 bits per heavy atom. The summed E-state index contributed by atoms with van der Waals surface area (Å²) in [6.45, 7) is 4.95. The van der Waals surface area contributed by atoms with E-state index in [9.17, 15) is 0 Å². The van der Waals surface area contributed by atoms with Gasteiger partial charge in [0.2, 0.25) is 0 Å². The molecule has 1 aromatic heterocycles. The Hall–Kier alpha value is -1.09. The van der Waals surface area contributed by atoms with Gasteiger partial charge in [0, 0.05) is 40.0 Å². The molecule has 0 aliphatic heterocycles. The van der Waals surface area contributed by atoms with E-state index < -0.39 is 0 Å². The fourth-order valence-corrected chi connectivity index (χ4v) is 2.86. The first-order valence-corrected chi connectivity index (χ1v) is 7.46. The Kier molecular flexibility index (Phi) is 5.41. The molecule has 2 aromatic rings. The second kappa shape index (κ2) is 7.07. The van der Waals surface area contributed by atoms with Crippen LogP contribution in [0, 0.1) is 6.92 Å². The fraction of sp³-hybridized carbons (Fsp3) is 0.312. The first-order chi connectivity index (χ1) is 9.61. The zero-order valence-electron chi connectivity index (χ0n) is 11.7. The SMILES string of the molecule is CCNC(Cc1ccc(C)cn1)c1c(Cl)cccc1Cl. The Morgan fingerprint density at radius 3 is 2.40 bits per heavy atom. The van der Waals surface area contributed by atoms with Gasteiger partial charge >= 0.3 is 0 Å². The van der Waals surface area contributed by atoms with Crippen LogP contribution in [0.3, 0.4) is 0 Å². The molecule has 0 amide bonds. The lowest BCUT2D eigenvalue weighted by atomic mass is 10.0. The van der Waals surface area contributed by atoms with Gasteiger partial charge in [-0.15, -0.1) is 0 Å². The Labute approximate surface area is 130 Å². The third-order valence-corrected chi connectivity index (χ3v) is 3.84. The van der Waals surface area contributed by atoms with Crippen LogP contribution in [-0.4, -0.2) is 11.5 Å². The van der Waals surface area contributed by atoms with Crippen molar-refractivity contribution in [2.75, 3.05) is 6.54 Å². The van der Waals surface area contributed by atoms with Gasteiger partial charge in [0.25, 0.3) is 0 Å². The lowest BCUT2D eigenvalue weighted by Gasteiger charge is -2.20. The Bertz CT molecular complexity index is 547. The maximum Gasteiger partial charge on any atom is 0.0468 e. The second-order valence-electron chi connectivity index (χ2n) is 4.78. The standard InChI is InChI=1S/C16H18Cl2N2/c1-3-19-15(9-12-8-7-11(2)10-20-12)16-13(17)5-4-6-14(16)18/h4-8,10,15,19H,3,9H2,1-2H3.